The van der Waals surface area contributed by atoms with Crippen molar-refractivity contribution in [2.24, 2.45) is 5.92 Å². The third-order valence-electron chi connectivity index (χ3n) is 6.42. The van der Waals surface area contributed by atoms with E-state index in [0.717, 1.165) is 41.8 Å². The summed E-state index contributed by atoms with van der Waals surface area (Å²) < 4.78 is 14.6. The molecule has 3 N–H and O–H groups in total. The van der Waals surface area contributed by atoms with E-state index >= 15 is 0 Å². The van der Waals surface area contributed by atoms with E-state index in [9.17, 15) is 9.18 Å². The van der Waals surface area contributed by atoms with Gasteiger partial charge in [-0.1, -0.05) is 6.07 Å². The van der Waals surface area contributed by atoms with Crippen LogP contribution in [-0.4, -0.2) is 40.8 Å². The van der Waals surface area contributed by atoms with E-state index in [-0.39, 0.29) is 23.8 Å². The van der Waals surface area contributed by atoms with Crippen LogP contribution in [-0.2, 0) is 4.79 Å². The van der Waals surface area contributed by atoms with Crippen molar-refractivity contribution in [1.82, 2.24) is 40.2 Å². The van der Waals surface area contributed by atoms with E-state index in [4.69, 9.17) is 4.98 Å². The number of nitrogens with one attached hydrogen (secondary N) is 3. The van der Waals surface area contributed by atoms with Crippen LogP contribution in [0.15, 0.2) is 42.9 Å². The van der Waals surface area contributed by atoms with Crippen molar-refractivity contribution < 1.29 is 9.18 Å². The van der Waals surface area contributed by atoms with Crippen LogP contribution in [0.25, 0.3) is 5.82 Å². The molecule has 10 nitrogen and oxygen atoms in total. The lowest BCUT2D eigenvalue weighted by Gasteiger charge is -2.18. The number of anilines is 2. The van der Waals surface area contributed by atoms with Crippen LogP contribution in [0.2, 0.25) is 0 Å². The number of hydrogen-bond acceptors (Lipinski definition) is 7. The molecule has 1 saturated carbocycles. The van der Waals surface area contributed by atoms with Gasteiger partial charge in [-0.05, 0) is 51.7 Å². The number of hydrogen-bond donors (Lipinski definition) is 3. The number of halogens is 1. The van der Waals surface area contributed by atoms with Crippen molar-refractivity contribution in [2.45, 2.75) is 52.0 Å². The predicted octanol–water partition coefficient (Wildman–Crippen LogP) is 4.04. The molecule has 4 heterocycles. The first kappa shape index (κ1) is 23.6. The number of pyridine rings is 1. The lowest BCUT2D eigenvalue weighted by atomic mass is 10.0. The monoisotopic (exact) mass is 489 g/mol. The number of carbonyl (C=O) groups excluding carboxylic acids is 1. The fourth-order valence-corrected chi connectivity index (χ4v) is 4.54. The van der Waals surface area contributed by atoms with Gasteiger partial charge >= 0.3 is 0 Å². The van der Waals surface area contributed by atoms with Crippen LogP contribution in [0.1, 0.15) is 60.9 Å². The minimum atomic E-state index is -0.423. The van der Waals surface area contributed by atoms with Gasteiger partial charge in [-0.3, -0.25) is 9.89 Å². The molecule has 0 spiro atoms. The smallest absolute Gasteiger partial charge is 0.223 e. The third-order valence-corrected chi connectivity index (χ3v) is 6.42. The van der Waals surface area contributed by atoms with E-state index in [1.54, 1.807) is 12.3 Å². The second kappa shape index (κ2) is 9.84. The van der Waals surface area contributed by atoms with Crippen LogP contribution < -0.4 is 10.6 Å². The Morgan fingerprint density at radius 1 is 1.17 bits per heavy atom. The standard InChI is InChI=1S/C25H28FN9O/c1-14-8-21(31-22-9-15(2)33-34-22)32-24(29-14)17-4-5-18(10-17)25(36)30-16(3)19-6-7-23(27-11-19)35-13-20(26)12-28-35/h6-9,11-13,16-18H,4-5,10H2,1-3H3,(H,30,36)(H2,29,31,32,33,34)/t16-,17-,18+/m0/s1. The van der Waals surface area contributed by atoms with Crippen molar-refractivity contribution in [3.05, 3.63) is 71.4 Å². The highest BCUT2D eigenvalue weighted by molar-refractivity contribution is 5.79. The van der Waals surface area contributed by atoms with Gasteiger partial charge in [-0.2, -0.15) is 10.2 Å². The Bertz CT molecular complexity index is 1360. The molecule has 0 aliphatic heterocycles. The Morgan fingerprint density at radius 3 is 2.72 bits per heavy atom. The molecule has 0 bridgehead atoms. The van der Waals surface area contributed by atoms with E-state index < -0.39 is 5.82 Å². The minimum absolute atomic E-state index is 0.0150. The van der Waals surface area contributed by atoms with E-state index in [2.05, 4.69) is 35.9 Å². The average molecular weight is 490 g/mol. The molecule has 11 heteroatoms. The SMILES string of the molecule is Cc1cc(Nc2cc(C)[nH]n2)nc([C@H]2CC[C@@H](C(=O)N[C@@H](C)c3ccc(-n4cc(F)cn4)nc3)C2)n1. The number of amides is 1. The van der Waals surface area contributed by atoms with Gasteiger partial charge in [0.15, 0.2) is 17.5 Å². The molecule has 3 atom stereocenters. The van der Waals surface area contributed by atoms with E-state index in [1.165, 1.54) is 10.9 Å². The normalized spacial score (nSPS) is 18.2. The molecule has 1 fully saturated rings. The molecular formula is C25H28FN9O. The molecule has 186 valence electrons. The molecule has 5 rings (SSSR count). The first-order valence-electron chi connectivity index (χ1n) is 12.0. The zero-order valence-corrected chi connectivity index (χ0v) is 20.4. The topological polar surface area (TPSA) is 126 Å². The lowest BCUT2D eigenvalue weighted by molar-refractivity contribution is -0.125. The van der Waals surface area contributed by atoms with Crippen molar-refractivity contribution in [1.29, 1.82) is 0 Å². The number of nitrogens with zero attached hydrogens (tertiary/aromatic N) is 6. The lowest BCUT2D eigenvalue weighted by Crippen LogP contribution is -2.31. The molecule has 1 amide bonds. The Morgan fingerprint density at radius 2 is 2.03 bits per heavy atom. The Balaban J connectivity index is 1.20. The maximum atomic E-state index is 13.2. The van der Waals surface area contributed by atoms with E-state index in [1.807, 2.05) is 39.0 Å². The molecule has 1 aliphatic rings. The van der Waals surface area contributed by atoms with Crippen LogP contribution in [0, 0.1) is 25.6 Å². The predicted molar refractivity (Wildman–Crippen MR) is 131 cm³/mol. The third kappa shape index (κ3) is 5.24. The molecule has 0 unspecified atom stereocenters. The summed E-state index contributed by atoms with van der Waals surface area (Å²) in [5.41, 5.74) is 2.69. The maximum absolute atomic E-state index is 13.2. The van der Waals surface area contributed by atoms with Crippen LogP contribution >= 0.6 is 0 Å². The molecule has 4 aromatic rings. The summed E-state index contributed by atoms with van der Waals surface area (Å²) in [5, 5.41) is 17.4. The zero-order valence-electron chi connectivity index (χ0n) is 20.4. The summed E-state index contributed by atoms with van der Waals surface area (Å²) in [4.78, 5) is 26.7. The van der Waals surface area contributed by atoms with E-state index in [0.29, 0.717) is 23.9 Å². The highest BCUT2D eigenvalue weighted by Crippen LogP contribution is 2.37. The van der Waals surface area contributed by atoms with Crippen LogP contribution in [0.5, 0.6) is 0 Å². The molecule has 0 aromatic carbocycles. The second-order valence-electron chi connectivity index (χ2n) is 9.30. The maximum Gasteiger partial charge on any atom is 0.223 e. The summed E-state index contributed by atoms with van der Waals surface area (Å²) in [6, 6.07) is 7.20. The fraction of sp³-hybridized carbons (Fsp3) is 0.360. The summed E-state index contributed by atoms with van der Waals surface area (Å²) >= 11 is 0. The van der Waals surface area contributed by atoms with Crippen molar-refractivity contribution in [3.8, 4) is 5.82 Å². The summed E-state index contributed by atoms with van der Waals surface area (Å²) in [7, 11) is 0. The molecular weight excluding hydrogens is 461 g/mol. The number of aromatic nitrogens is 7. The van der Waals surface area contributed by atoms with Gasteiger partial charge in [0.05, 0.1) is 18.4 Å². The van der Waals surface area contributed by atoms with Gasteiger partial charge in [0.25, 0.3) is 0 Å². The van der Waals surface area contributed by atoms with Gasteiger partial charge in [0.1, 0.15) is 11.6 Å². The molecule has 1 aliphatic carbocycles. The number of aryl methyl sites for hydroxylation is 2. The van der Waals surface area contributed by atoms with Gasteiger partial charge in [0.2, 0.25) is 5.91 Å². The molecule has 4 aromatic heterocycles. The Kier molecular flexibility index (Phi) is 6.45. The van der Waals surface area contributed by atoms with Crippen molar-refractivity contribution >= 4 is 17.5 Å². The van der Waals surface area contributed by atoms with Crippen LogP contribution in [0.3, 0.4) is 0 Å². The summed E-state index contributed by atoms with van der Waals surface area (Å²) in [6.07, 6.45) is 6.40. The number of H-pyrrole nitrogens is 1. The first-order valence-corrected chi connectivity index (χ1v) is 12.0. The van der Waals surface area contributed by atoms with Gasteiger partial charge in [0, 0.05) is 41.6 Å². The zero-order chi connectivity index (χ0) is 25.2. The number of carbonyl (C=O) groups is 1. The Hall–Kier alpha value is -4.15. The van der Waals surface area contributed by atoms with Gasteiger partial charge in [-0.25, -0.2) is 24.0 Å². The largest absolute Gasteiger partial charge is 0.349 e. The quantitative estimate of drug-likeness (QED) is 0.358. The highest BCUT2D eigenvalue weighted by Gasteiger charge is 2.33. The molecule has 36 heavy (non-hydrogen) atoms. The summed E-state index contributed by atoms with van der Waals surface area (Å²) in [5.74, 6) is 2.26. The minimum Gasteiger partial charge on any atom is -0.349 e. The van der Waals surface area contributed by atoms with Gasteiger partial charge in [-0.15, -0.1) is 0 Å². The Labute approximate surface area is 207 Å². The van der Waals surface area contributed by atoms with Gasteiger partial charge < -0.3 is 10.6 Å². The van der Waals surface area contributed by atoms with Crippen molar-refractivity contribution in [3.63, 3.8) is 0 Å². The fourth-order valence-electron chi connectivity index (χ4n) is 4.54. The molecule has 0 radical (unpaired) electrons. The first-order chi connectivity index (χ1) is 17.3. The average Bonchev–Trinajstić information content (AvgIpc) is 3.60. The highest BCUT2D eigenvalue weighted by atomic mass is 19.1. The van der Waals surface area contributed by atoms with Crippen molar-refractivity contribution in [2.75, 3.05) is 5.32 Å². The second-order valence-corrected chi connectivity index (χ2v) is 9.30. The summed E-state index contributed by atoms with van der Waals surface area (Å²) in [6.45, 7) is 5.80. The molecule has 0 saturated heterocycles. The number of rotatable bonds is 7. The number of aromatic amines is 1. The van der Waals surface area contributed by atoms with Crippen LogP contribution in [0.4, 0.5) is 16.0 Å².